The van der Waals surface area contributed by atoms with E-state index in [0.29, 0.717) is 32.5 Å². The third-order valence-electron chi connectivity index (χ3n) is 7.08. The Morgan fingerprint density at radius 3 is 2.47 bits per heavy atom. The average Bonchev–Trinajstić information content (AvgIpc) is 3.11. The van der Waals surface area contributed by atoms with E-state index in [9.17, 15) is 14.4 Å². The van der Waals surface area contributed by atoms with Crippen molar-refractivity contribution in [3.05, 3.63) is 27.1 Å². The highest BCUT2D eigenvalue weighted by atomic mass is 32.1. The highest BCUT2D eigenvalue weighted by molar-refractivity contribution is 7.20. The summed E-state index contributed by atoms with van der Waals surface area (Å²) in [6.45, 7) is 7.60. The lowest BCUT2D eigenvalue weighted by Gasteiger charge is -2.35. The monoisotopic (exact) mass is 458 g/mol. The summed E-state index contributed by atoms with van der Waals surface area (Å²) in [6, 6.07) is 0.262. The quantitative estimate of drug-likeness (QED) is 0.701. The molecule has 2 atom stereocenters. The van der Waals surface area contributed by atoms with Gasteiger partial charge in [-0.25, -0.2) is 4.98 Å². The summed E-state index contributed by atoms with van der Waals surface area (Å²) in [4.78, 5) is 48.6. The van der Waals surface area contributed by atoms with Crippen molar-refractivity contribution in [3.8, 4) is 0 Å². The van der Waals surface area contributed by atoms with Crippen molar-refractivity contribution >= 4 is 33.4 Å². The first-order valence-corrected chi connectivity index (χ1v) is 12.6. The molecule has 32 heavy (non-hydrogen) atoms. The van der Waals surface area contributed by atoms with Gasteiger partial charge in [-0.15, -0.1) is 11.3 Å². The number of hydrogen-bond donors (Lipinski definition) is 0. The minimum absolute atomic E-state index is 0.0121. The standard InChI is InChI=1S/C24H34N4O3S/c1-15-10-16(2)12-27(11-15)19(29)13-28-14-25-22-20(23(28)30)17(3)21(32-22)24(31)26(4)18-8-6-5-7-9-18/h14-16,18H,5-13H2,1-4H3/t15-,16+. The number of likely N-dealkylation sites (tertiary alicyclic amines) is 1. The van der Waals surface area contributed by atoms with E-state index in [2.05, 4.69) is 18.8 Å². The molecule has 7 nitrogen and oxygen atoms in total. The summed E-state index contributed by atoms with van der Waals surface area (Å²) >= 11 is 1.28. The van der Waals surface area contributed by atoms with Crippen LogP contribution in [0.15, 0.2) is 11.1 Å². The molecule has 2 aromatic heterocycles. The molecule has 1 aliphatic heterocycles. The maximum Gasteiger partial charge on any atom is 0.264 e. The van der Waals surface area contributed by atoms with Gasteiger partial charge < -0.3 is 9.80 Å². The number of amides is 2. The average molecular weight is 459 g/mol. The Labute approximate surface area is 193 Å². The van der Waals surface area contributed by atoms with Crippen molar-refractivity contribution in [3.63, 3.8) is 0 Å². The molecule has 2 amide bonds. The van der Waals surface area contributed by atoms with E-state index in [1.54, 1.807) is 0 Å². The summed E-state index contributed by atoms with van der Waals surface area (Å²) in [5.74, 6) is 0.853. The number of aromatic nitrogens is 2. The van der Waals surface area contributed by atoms with E-state index in [1.165, 1.54) is 28.7 Å². The maximum atomic E-state index is 13.2. The minimum Gasteiger partial charge on any atom is -0.341 e. The zero-order valence-corrected chi connectivity index (χ0v) is 20.4. The molecule has 1 saturated carbocycles. The predicted molar refractivity (Wildman–Crippen MR) is 127 cm³/mol. The molecule has 0 unspecified atom stereocenters. The van der Waals surface area contributed by atoms with Gasteiger partial charge in [-0.1, -0.05) is 33.1 Å². The fourth-order valence-electron chi connectivity index (χ4n) is 5.38. The summed E-state index contributed by atoms with van der Waals surface area (Å²) in [7, 11) is 1.87. The van der Waals surface area contributed by atoms with Crippen LogP contribution in [0, 0.1) is 18.8 Å². The number of carbonyl (C=O) groups is 2. The number of nitrogens with zero attached hydrogens (tertiary/aromatic N) is 4. The lowest BCUT2D eigenvalue weighted by molar-refractivity contribution is -0.134. The Bertz CT molecular complexity index is 1060. The number of aryl methyl sites for hydroxylation is 1. The molecule has 0 aromatic carbocycles. The van der Waals surface area contributed by atoms with Crippen LogP contribution in [0.5, 0.6) is 0 Å². The van der Waals surface area contributed by atoms with Gasteiger partial charge in [0.2, 0.25) is 5.91 Å². The van der Waals surface area contributed by atoms with Gasteiger partial charge in [-0.05, 0) is 43.6 Å². The second-order valence-corrected chi connectivity index (χ2v) is 10.9. The van der Waals surface area contributed by atoms with Crippen LogP contribution >= 0.6 is 11.3 Å². The third kappa shape index (κ3) is 4.47. The summed E-state index contributed by atoms with van der Waals surface area (Å²) in [5, 5.41) is 0.464. The number of hydrogen-bond acceptors (Lipinski definition) is 5. The molecule has 4 rings (SSSR count). The lowest BCUT2D eigenvalue weighted by Crippen LogP contribution is -2.44. The van der Waals surface area contributed by atoms with E-state index in [0.717, 1.165) is 45.2 Å². The van der Waals surface area contributed by atoms with Gasteiger partial charge in [0, 0.05) is 26.2 Å². The molecule has 1 aliphatic carbocycles. The van der Waals surface area contributed by atoms with Crippen molar-refractivity contribution in [2.24, 2.45) is 11.8 Å². The van der Waals surface area contributed by atoms with E-state index in [4.69, 9.17) is 0 Å². The van der Waals surface area contributed by atoms with E-state index in [1.807, 2.05) is 23.8 Å². The molecule has 2 fully saturated rings. The molecule has 0 spiro atoms. The van der Waals surface area contributed by atoms with Crippen LogP contribution in [0.2, 0.25) is 0 Å². The molecule has 174 valence electrons. The van der Waals surface area contributed by atoms with Gasteiger partial charge in [-0.3, -0.25) is 19.0 Å². The Balaban J connectivity index is 1.57. The van der Waals surface area contributed by atoms with Crippen LogP contribution in [-0.4, -0.2) is 57.3 Å². The third-order valence-corrected chi connectivity index (χ3v) is 8.27. The molecule has 8 heteroatoms. The molecule has 1 saturated heterocycles. The smallest absolute Gasteiger partial charge is 0.264 e. The van der Waals surface area contributed by atoms with Gasteiger partial charge >= 0.3 is 0 Å². The van der Waals surface area contributed by atoms with Crippen LogP contribution in [0.3, 0.4) is 0 Å². The van der Waals surface area contributed by atoms with Crippen LogP contribution in [0.25, 0.3) is 10.2 Å². The Kier molecular flexibility index (Phi) is 6.70. The van der Waals surface area contributed by atoms with Crippen LogP contribution in [0.1, 0.15) is 67.6 Å². The first kappa shape index (κ1) is 23.0. The van der Waals surface area contributed by atoms with E-state index < -0.39 is 0 Å². The zero-order chi connectivity index (χ0) is 23.0. The maximum absolute atomic E-state index is 13.2. The zero-order valence-electron chi connectivity index (χ0n) is 19.6. The molecule has 0 N–H and O–H groups in total. The Morgan fingerprint density at radius 1 is 1.16 bits per heavy atom. The number of carbonyl (C=O) groups excluding carboxylic acids is 2. The fourth-order valence-corrected chi connectivity index (χ4v) is 6.50. The van der Waals surface area contributed by atoms with Crippen molar-refractivity contribution in [2.75, 3.05) is 20.1 Å². The van der Waals surface area contributed by atoms with Crippen molar-refractivity contribution in [1.82, 2.24) is 19.4 Å². The predicted octanol–water partition coefficient (Wildman–Crippen LogP) is 3.68. The van der Waals surface area contributed by atoms with Crippen LogP contribution < -0.4 is 5.56 Å². The summed E-state index contributed by atoms with van der Waals surface area (Å²) < 4.78 is 1.40. The number of rotatable bonds is 4. The van der Waals surface area contributed by atoms with Crippen molar-refractivity contribution in [1.29, 1.82) is 0 Å². The highest BCUT2D eigenvalue weighted by Gasteiger charge is 2.28. The SMILES string of the molecule is Cc1c(C(=O)N(C)C2CCCCC2)sc2ncn(CC(=O)N3C[C@H](C)C[C@H](C)C3)c(=O)c12. The summed E-state index contributed by atoms with van der Waals surface area (Å²) in [6.07, 6.45) is 8.19. The minimum atomic E-state index is -0.241. The second kappa shape index (κ2) is 9.33. The number of piperidine rings is 1. The molecule has 0 bridgehead atoms. The number of thiophene rings is 1. The van der Waals surface area contributed by atoms with Gasteiger partial charge in [0.05, 0.1) is 16.6 Å². The molecular formula is C24H34N4O3S. The van der Waals surface area contributed by atoms with Gasteiger partial charge in [-0.2, -0.15) is 0 Å². The first-order valence-electron chi connectivity index (χ1n) is 11.8. The topological polar surface area (TPSA) is 75.5 Å². The summed E-state index contributed by atoms with van der Waals surface area (Å²) in [5.41, 5.74) is 0.437. The molecule has 2 aromatic rings. The van der Waals surface area contributed by atoms with E-state index in [-0.39, 0.29) is 30.0 Å². The Hall–Kier alpha value is -2.22. The fraction of sp³-hybridized carbons (Fsp3) is 0.667. The van der Waals surface area contributed by atoms with Gasteiger partial charge in [0.25, 0.3) is 11.5 Å². The normalized spacial score (nSPS) is 22.3. The molecule has 3 heterocycles. The van der Waals surface area contributed by atoms with Gasteiger partial charge in [0.15, 0.2) is 0 Å². The van der Waals surface area contributed by atoms with Crippen molar-refractivity contribution < 1.29 is 9.59 Å². The molecule has 0 radical (unpaired) electrons. The molecule has 2 aliphatic rings. The van der Waals surface area contributed by atoms with Gasteiger partial charge in [0.1, 0.15) is 11.4 Å². The highest BCUT2D eigenvalue weighted by Crippen LogP contribution is 2.30. The largest absolute Gasteiger partial charge is 0.341 e. The second-order valence-electron chi connectivity index (χ2n) is 9.87. The lowest BCUT2D eigenvalue weighted by atomic mass is 9.92. The molecular weight excluding hydrogens is 424 g/mol. The Morgan fingerprint density at radius 2 is 1.81 bits per heavy atom. The van der Waals surface area contributed by atoms with E-state index >= 15 is 0 Å². The van der Waals surface area contributed by atoms with Crippen LogP contribution in [0.4, 0.5) is 0 Å². The number of fused-ring (bicyclic) bond motifs is 1. The van der Waals surface area contributed by atoms with Crippen LogP contribution in [-0.2, 0) is 11.3 Å². The first-order chi connectivity index (χ1) is 15.3. The van der Waals surface area contributed by atoms with Crippen molar-refractivity contribution in [2.45, 2.75) is 71.9 Å².